The summed E-state index contributed by atoms with van der Waals surface area (Å²) in [6.45, 7) is 0. The molecule has 2 rings (SSSR count). The first kappa shape index (κ1) is 13.9. The van der Waals surface area contributed by atoms with Crippen LogP contribution in [-0.2, 0) is 11.2 Å². The maximum absolute atomic E-state index is 12.4. The highest BCUT2D eigenvalue weighted by Gasteiger charge is 2.18. The van der Waals surface area contributed by atoms with Crippen LogP contribution in [0.25, 0.3) is 0 Å². The predicted octanol–water partition coefficient (Wildman–Crippen LogP) is 1.27. The van der Waals surface area contributed by atoms with Gasteiger partial charge in [-0.1, -0.05) is 24.3 Å². The summed E-state index contributed by atoms with van der Waals surface area (Å²) in [7, 11) is 0. The summed E-state index contributed by atoms with van der Waals surface area (Å²) in [5, 5.41) is 8.87. The van der Waals surface area contributed by atoms with Gasteiger partial charge in [-0.2, -0.15) is 0 Å². The van der Waals surface area contributed by atoms with E-state index in [1.807, 2.05) is 0 Å². The van der Waals surface area contributed by atoms with Gasteiger partial charge >= 0.3 is 5.97 Å². The molecule has 3 N–H and O–H groups in total. The molecular weight excluding hydrogens is 256 g/mol. The van der Waals surface area contributed by atoms with E-state index in [1.54, 1.807) is 42.6 Å². The van der Waals surface area contributed by atoms with E-state index in [4.69, 9.17) is 10.8 Å². The van der Waals surface area contributed by atoms with E-state index in [-0.39, 0.29) is 12.2 Å². The number of benzene rings is 1. The molecule has 0 unspecified atom stereocenters. The molecule has 102 valence electrons. The van der Waals surface area contributed by atoms with Crippen molar-refractivity contribution in [3.8, 4) is 0 Å². The van der Waals surface area contributed by atoms with E-state index in [1.165, 1.54) is 6.20 Å². The van der Waals surface area contributed by atoms with Gasteiger partial charge in [-0.3, -0.25) is 14.6 Å². The van der Waals surface area contributed by atoms with Gasteiger partial charge in [0.1, 0.15) is 6.04 Å². The molecule has 0 saturated carbocycles. The predicted molar refractivity (Wildman–Crippen MR) is 73.4 cm³/mol. The van der Waals surface area contributed by atoms with E-state index >= 15 is 0 Å². The van der Waals surface area contributed by atoms with E-state index in [0.29, 0.717) is 16.7 Å². The van der Waals surface area contributed by atoms with Gasteiger partial charge in [0.15, 0.2) is 5.78 Å². The fourth-order valence-electron chi connectivity index (χ4n) is 1.90. The van der Waals surface area contributed by atoms with Gasteiger partial charge in [0.2, 0.25) is 0 Å². The summed E-state index contributed by atoms with van der Waals surface area (Å²) >= 11 is 0. The maximum atomic E-state index is 12.4. The highest BCUT2D eigenvalue weighted by atomic mass is 16.4. The number of aliphatic carboxylic acids is 1. The second kappa shape index (κ2) is 6.08. The van der Waals surface area contributed by atoms with Crippen LogP contribution in [0.5, 0.6) is 0 Å². The molecule has 0 aliphatic rings. The molecule has 0 aliphatic carbocycles. The molecular formula is C15H14N2O3. The van der Waals surface area contributed by atoms with Gasteiger partial charge in [0.25, 0.3) is 0 Å². The molecule has 0 fully saturated rings. The molecule has 1 heterocycles. The van der Waals surface area contributed by atoms with Crippen LogP contribution in [0.3, 0.4) is 0 Å². The zero-order valence-electron chi connectivity index (χ0n) is 10.7. The molecule has 1 aromatic heterocycles. The van der Waals surface area contributed by atoms with Crippen molar-refractivity contribution in [2.45, 2.75) is 12.5 Å². The number of hydrogen-bond donors (Lipinski definition) is 2. The number of hydrogen-bond acceptors (Lipinski definition) is 4. The topological polar surface area (TPSA) is 93.3 Å². The Morgan fingerprint density at radius 3 is 2.60 bits per heavy atom. The van der Waals surface area contributed by atoms with Gasteiger partial charge < -0.3 is 10.8 Å². The Morgan fingerprint density at radius 2 is 1.95 bits per heavy atom. The number of pyridine rings is 1. The first-order valence-corrected chi connectivity index (χ1v) is 6.10. The lowest BCUT2D eigenvalue weighted by molar-refractivity contribution is -0.138. The summed E-state index contributed by atoms with van der Waals surface area (Å²) in [4.78, 5) is 27.1. The Bertz CT molecular complexity index is 626. The van der Waals surface area contributed by atoms with Crippen LogP contribution in [0.2, 0.25) is 0 Å². The standard InChI is InChI=1S/C15H14N2O3/c16-13(15(19)20)8-10-4-1-2-6-12(10)14(18)11-5-3-7-17-9-11/h1-7,9,13H,8,16H2,(H,19,20)/t13-/m0/s1. The Morgan fingerprint density at radius 1 is 1.20 bits per heavy atom. The Balaban J connectivity index is 2.33. The molecule has 0 amide bonds. The highest BCUT2D eigenvalue weighted by Crippen LogP contribution is 2.15. The van der Waals surface area contributed by atoms with Crippen molar-refractivity contribution in [1.29, 1.82) is 0 Å². The summed E-state index contributed by atoms with van der Waals surface area (Å²) < 4.78 is 0. The number of ketones is 1. The van der Waals surface area contributed by atoms with E-state index in [9.17, 15) is 9.59 Å². The van der Waals surface area contributed by atoms with Crippen LogP contribution in [-0.4, -0.2) is 27.9 Å². The van der Waals surface area contributed by atoms with Crippen molar-refractivity contribution in [1.82, 2.24) is 4.98 Å². The zero-order valence-corrected chi connectivity index (χ0v) is 10.7. The first-order valence-electron chi connectivity index (χ1n) is 6.10. The van der Waals surface area contributed by atoms with Gasteiger partial charge in [-0.05, 0) is 24.1 Å². The first-order chi connectivity index (χ1) is 9.59. The van der Waals surface area contributed by atoms with Crippen molar-refractivity contribution < 1.29 is 14.7 Å². The number of nitrogens with zero attached hydrogens (tertiary/aromatic N) is 1. The average Bonchev–Trinajstić information content (AvgIpc) is 2.48. The number of rotatable bonds is 5. The van der Waals surface area contributed by atoms with Crippen molar-refractivity contribution >= 4 is 11.8 Å². The number of aromatic nitrogens is 1. The molecule has 5 heteroatoms. The van der Waals surface area contributed by atoms with Crippen molar-refractivity contribution in [3.63, 3.8) is 0 Å². The smallest absolute Gasteiger partial charge is 0.320 e. The Labute approximate surface area is 116 Å². The fraction of sp³-hybridized carbons (Fsp3) is 0.133. The third-order valence-corrected chi connectivity index (χ3v) is 2.94. The van der Waals surface area contributed by atoms with Crippen LogP contribution in [0.15, 0.2) is 48.8 Å². The maximum Gasteiger partial charge on any atom is 0.320 e. The second-order valence-electron chi connectivity index (χ2n) is 4.38. The zero-order chi connectivity index (χ0) is 14.5. The van der Waals surface area contributed by atoms with E-state index < -0.39 is 12.0 Å². The molecule has 1 aromatic carbocycles. The Kier molecular flexibility index (Phi) is 4.22. The molecule has 0 spiro atoms. The number of carboxylic acid groups (broad SMARTS) is 1. The van der Waals surface area contributed by atoms with E-state index in [2.05, 4.69) is 4.98 Å². The van der Waals surface area contributed by atoms with Crippen molar-refractivity contribution in [2.75, 3.05) is 0 Å². The molecule has 0 saturated heterocycles. The normalized spacial score (nSPS) is 11.8. The lowest BCUT2D eigenvalue weighted by Crippen LogP contribution is -2.32. The molecule has 0 radical (unpaired) electrons. The largest absolute Gasteiger partial charge is 0.480 e. The minimum atomic E-state index is -1.09. The van der Waals surface area contributed by atoms with E-state index in [0.717, 1.165) is 0 Å². The molecule has 1 atom stereocenters. The third kappa shape index (κ3) is 3.07. The minimum Gasteiger partial charge on any atom is -0.480 e. The average molecular weight is 270 g/mol. The number of carbonyl (C=O) groups is 2. The second-order valence-corrected chi connectivity index (χ2v) is 4.38. The van der Waals surface area contributed by atoms with Crippen LogP contribution in [0.4, 0.5) is 0 Å². The quantitative estimate of drug-likeness (QED) is 0.798. The lowest BCUT2D eigenvalue weighted by Gasteiger charge is -2.11. The van der Waals surface area contributed by atoms with Crippen LogP contribution >= 0.6 is 0 Å². The lowest BCUT2D eigenvalue weighted by atomic mass is 9.95. The molecule has 0 bridgehead atoms. The minimum absolute atomic E-state index is 0.109. The van der Waals surface area contributed by atoms with Crippen molar-refractivity contribution in [3.05, 3.63) is 65.5 Å². The van der Waals surface area contributed by atoms with Gasteiger partial charge in [0, 0.05) is 23.5 Å². The molecule has 20 heavy (non-hydrogen) atoms. The summed E-state index contributed by atoms with van der Waals surface area (Å²) in [6, 6.07) is 9.19. The van der Waals surface area contributed by atoms with Gasteiger partial charge in [-0.25, -0.2) is 0 Å². The van der Waals surface area contributed by atoms with Crippen molar-refractivity contribution in [2.24, 2.45) is 5.73 Å². The van der Waals surface area contributed by atoms with Gasteiger partial charge in [0.05, 0.1) is 0 Å². The van der Waals surface area contributed by atoms with Gasteiger partial charge in [-0.15, -0.1) is 0 Å². The SMILES string of the molecule is N[C@@H](Cc1ccccc1C(=O)c1cccnc1)C(=O)O. The van der Waals surface area contributed by atoms with Crippen LogP contribution in [0, 0.1) is 0 Å². The third-order valence-electron chi connectivity index (χ3n) is 2.94. The number of carbonyl (C=O) groups excluding carboxylic acids is 1. The molecule has 2 aromatic rings. The summed E-state index contributed by atoms with van der Waals surface area (Å²) in [5.74, 6) is -1.28. The monoisotopic (exact) mass is 270 g/mol. The molecule has 5 nitrogen and oxygen atoms in total. The fourth-order valence-corrected chi connectivity index (χ4v) is 1.90. The number of carboxylic acids is 1. The summed E-state index contributed by atoms with van der Waals surface area (Å²) in [5.41, 5.74) is 7.07. The Hall–Kier alpha value is -2.53. The van der Waals surface area contributed by atoms with Crippen LogP contribution < -0.4 is 5.73 Å². The van der Waals surface area contributed by atoms with Crippen LogP contribution in [0.1, 0.15) is 21.5 Å². The number of nitrogens with two attached hydrogens (primary N) is 1. The summed E-state index contributed by atoms with van der Waals surface area (Å²) in [6.07, 6.45) is 3.18. The highest BCUT2D eigenvalue weighted by molar-refractivity contribution is 6.09. The molecule has 0 aliphatic heterocycles.